The minimum Gasteiger partial charge on any atom is -0.366 e. The quantitative estimate of drug-likeness (QED) is 0.111. The molecule has 1 unspecified atom stereocenters. The molecule has 2 N–H and O–H groups in total. The molecule has 4 nitrogen and oxygen atoms in total. The van der Waals surface area contributed by atoms with Gasteiger partial charge in [0.05, 0.1) is 22.4 Å². The Morgan fingerprint density at radius 3 is 2.03 bits per heavy atom. The van der Waals surface area contributed by atoms with Gasteiger partial charge in [0, 0.05) is 28.9 Å². The van der Waals surface area contributed by atoms with Crippen LogP contribution in [0.15, 0.2) is 83.3 Å². The molecule has 1 aromatic carbocycles. The van der Waals surface area contributed by atoms with E-state index in [1.165, 1.54) is 6.08 Å². The summed E-state index contributed by atoms with van der Waals surface area (Å²) in [6.07, 6.45) is -2.84. The fraction of sp³-hybridized carbons (Fsp3) is 0.280. The Morgan fingerprint density at radius 2 is 1.67 bits per heavy atom. The van der Waals surface area contributed by atoms with Gasteiger partial charge in [0.1, 0.15) is 0 Å². The molecule has 1 rings (SSSR count). The van der Waals surface area contributed by atoms with E-state index in [1.54, 1.807) is 32.9 Å². The minimum absolute atomic E-state index is 0.0402. The highest BCUT2D eigenvalue weighted by atomic mass is 35.5. The number of allylic oxidation sites excluding steroid dienone is 4. The number of rotatable bonds is 10. The Balaban J connectivity index is 3.91. The summed E-state index contributed by atoms with van der Waals surface area (Å²) in [5, 5.41) is 5.15. The van der Waals surface area contributed by atoms with Gasteiger partial charge in [0.2, 0.25) is 0 Å². The Kier molecular flexibility index (Phi) is 10.8. The molecule has 11 heteroatoms. The van der Waals surface area contributed by atoms with Gasteiger partial charge < -0.3 is 5.73 Å². The topological polar surface area (TPSA) is 58.7 Å². The highest BCUT2D eigenvalue weighted by molar-refractivity contribution is 6.33. The number of alkyl halides is 6. The lowest BCUT2D eigenvalue weighted by Gasteiger charge is -2.21. The minimum atomic E-state index is -5.03. The molecule has 196 valence electrons. The molecule has 1 atom stereocenters. The molecule has 36 heavy (non-hydrogen) atoms. The second kappa shape index (κ2) is 12.6. The first-order chi connectivity index (χ1) is 16.6. The van der Waals surface area contributed by atoms with Gasteiger partial charge in [0.15, 0.2) is 0 Å². The maximum atomic E-state index is 13.4. The molecule has 0 aliphatic carbocycles. The van der Waals surface area contributed by atoms with Crippen molar-refractivity contribution in [1.29, 1.82) is 0 Å². The molecule has 0 saturated heterocycles. The largest absolute Gasteiger partial charge is 0.416 e. The monoisotopic (exact) mass is 533 g/mol. The molecule has 0 heterocycles. The van der Waals surface area contributed by atoms with Crippen LogP contribution in [0, 0.1) is 5.92 Å². The average molecular weight is 534 g/mol. The third kappa shape index (κ3) is 8.44. The van der Waals surface area contributed by atoms with Gasteiger partial charge in [-0.15, -0.1) is 0 Å². The molecule has 0 aromatic heterocycles. The Morgan fingerprint density at radius 1 is 1.14 bits per heavy atom. The van der Waals surface area contributed by atoms with E-state index < -0.39 is 35.3 Å². The number of benzene rings is 1. The number of amides is 1. The summed E-state index contributed by atoms with van der Waals surface area (Å²) in [6, 6.07) is 1.23. The summed E-state index contributed by atoms with van der Waals surface area (Å²) in [6.45, 7) is 12.1. The fourth-order valence-corrected chi connectivity index (χ4v) is 3.07. The number of nitrogens with zero attached hydrogens (tertiary/aromatic N) is 2. The van der Waals surface area contributed by atoms with Crippen molar-refractivity contribution in [1.82, 2.24) is 5.01 Å². The van der Waals surface area contributed by atoms with Gasteiger partial charge in [-0.2, -0.15) is 31.4 Å². The molecule has 0 radical (unpaired) electrons. The third-order valence-electron chi connectivity index (χ3n) is 4.94. The normalized spacial score (nSPS) is 14.7. The van der Waals surface area contributed by atoms with E-state index in [9.17, 15) is 31.1 Å². The molecule has 0 aliphatic heterocycles. The second-order valence-electron chi connectivity index (χ2n) is 7.57. The zero-order valence-corrected chi connectivity index (χ0v) is 20.6. The van der Waals surface area contributed by atoms with E-state index in [4.69, 9.17) is 17.3 Å². The molecule has 0 bridgehead atoms. The molecule has 0 spiro atoms. The molecular formula is C25H26ClF6N3O. The van der Waals surface area contributed by atoms with Gasteiger partial charge in [0.25, 0.3) is 5.91 Å². The van der Waals surface area contributed by atoms with Crippen LogP contribution >= 0.6 is 11.6 Å². The lowest BCUT2D eigenvalue weighted by Crippen LogP contribution is -2.21. The highest BCUT2D eigenvalue weighted by Crippen LogP contribution is 2.37. The molecule has 0 aliphatic rings. The summed E-state index contributed by atoms with van der Waals surface area (Å²) in [5.74, 6) is -1.51. The highest BCUT2D eigenvalue weighted by Gasteiger charge is 2.37. The number of hydrogen-bond acceptors (Lipinski definition) is 3. The number of hydrogen-bond donors (Lipinski definition) is 1. The van der Waals surface area contributed by atoms with Gasteiger partial charge in [-0.1, -0.05) is 56.8 Å². The third-order valence-corrected chi connectivity index (χ3v) is 5.14. The lowest BCUT2D eigenvalue weighted by atomic mass is 9.93. The van der Waals surface area contributed by atoms with E-state index in [0.717, 1.165) is 17.4 Å². The molecule has 1 amide bonds. The maximum Gasteiger partial charge on any atom is 0.416 e. The number of hydrazone groups is 1. The summed E-state index contributed by atoms with van der Waals surface area (Å²) < 4.78 is 80.5. The number of halogens is 7. The first kappa shape index (κ1) is 30.8. The van der Waals surface area contributed by atoms with Crippen molar-refractivity contribution < 1.29 is 31.1 Å². The summed E-state index contributed by atoms with van der Waals surface area (Å²) in [4.78, 5) is 12.1. The molecular weight excluding hydrogens is 508 g/mol. The van der Waals surface area contributed by atoms with Crippen molar-refractivity contribution in [3.05, 3.63) is 94.9 Å². The first-order valence-corrected chi connectivity index (χ1v) is 10.9. The van der Waals surface area contributed by atoms with Gasteiger partial charge in [-0.3, -0.25) is 4.79 Å². The van der Waals surface area contributed by atoms with Crippen LogP contribution in [0.1, 0.15) is 43.9 Å². The van der Waals surface area contributed by atoms with Crippen molar-refractivity contribution >= 4 is 23.2 Å². The number of primary amides is 1. The van der Waals surface area contributed by atoms with Crippen LogP contribution in [0.2, 0.25) is 0 Å². The number of carbonyl (C=O) groups excluding carboxylic acids is 1. The molecule has 0 fully saturated rings. The van der Waals surface area contributed by atoms with Gasteiger partial charge >= 0.3 is 12.4 Å². The molecule has 1 aromatic rings. The zero-order valence-electron chi connectivity index (χ0n) is 19.8. The molecule has 0 saturated carbocycles. The fourth-order valence-electron chi connectivity index (χ4n) is 2.90. The van der Waals surface area contributed by atoms with Crippen LogP contribution in [0.3, 0.4) is 0 Å². The van der Waals surface area contributed by atoms with Crippen molar-refractivity contribution in [2.24, 2.45) is 16.8 Å². The van der Waals surface area contributed by atoms with Crippen molar-refractivity contribution in [3.63, 3.8) is 0 Å². The van der Waals surface area contributed by atoms with E-state index in [2.05, 4.69) is 18.3 Å². The Labute approximate surface area is 210 Å². The summed E-state index contributed by atoms with van der Waals surface area (Å²) in [7, 11) is 0. The van der Waals surface area contributed by atoms with Crippen molar-refractivity contribution in [2.75, 3.05) is 0 Å². The van der Waals surface area contributed by atoms with Crippen LogP contribution < -0.4 is 5.73 Å². The predicted octanol–water partition coefficient (Wildman–Crippen LogP) is 7.54. The smallest absolute Gasteiger partial charge is 0.366 e. The predicted molar refractivity (Wildman–Crippen MR) is 130 cm³/mol. The van der Waals surface area contributed by atoms with Gasteiger partial charge in [-0.25, -0.2) is 5.01 Å². The van der Waals surface area contributed by atoms with Crippen LogP contribution in [0.5, 0.6) is 0 Å². The number of carbonyl (C=O) groups is 1. The summed E-state index contributed by atoms with van der Waals surface area (Å²) in [5.41, 5.74) is 2.01. The van der Waals surface area contributed by atoms with E-state index in [-0.39, 0.29) is 33.5 Å². The zero-order chi connectivity index (χ0) is 27.8. The van der Waals surface area contributed by atoms with Crippen LogP contribution in [-0.4, -0.2) is 16.6 Å². The first-order valence-electron chi connectivity index (χ1n) is 10.6. The second-order valence-corrected chi connectivity index (χ2v) is 8.03. The van der Waals surface area contributed by atoms with Crippen molar-refractivity contribution in [2.45, 2.75) is 39.5 Å². The van der Waals surface area contributed by atoms with Crippen LogP contribution in [-0.2, 0) is 17.1 Å². The van der Waals surface area contributed by atoms with E-state index >= 15 is 0 Å². The average Bonchev–Trinajstić information content (AvgIpc) is 2.78. The van der Waals surface area contributed by atoms with Crippen LogP contribution in [0.4, 0.5) is 26.3 Å². The Hall–Kier alpha value is -3.27. The maximum absolute atomic E-state index is 13.4. The number of nitrogens with two attached hydrogens (primary N) is 1. The van der Waals surface area contributed by atoms with Crippen molar-refractivity contribution in [3.8, 4) is 0 Å². The summed E-state index contributed by atoms with van der Waals surface area (Å²) >= 11 is 6.00. The standard InChI is InChI=1S/C25H26ClF6N3O/c1-6-9-10-20(16(5)26)21(23(33)36)14-35(8-3)34-22(15(4)7-2)17-11-18(24(27,28)29)13-19(12-17)25(30,31)32/h6,8-15H,3,5,7H2,1-2,4H3,(H2,33,36). The lowest BCUT2D eigenvalue weighted by molar-refractivity contribution is -0.143. The SMILES string of the molecule is C=CN(C=C(C(N)=O)C(=CC=CC)C(=C)Cl)N=C(c1cc(C(F)(F)F)cc(C(F)(F)F)c1)C(C)CC. The van der Waals surface area contributed by atoms with E-state index in [1.807, 2.05) is 0 Å². The van der Waals surface area contributed by atoms with E-state index in [0.29, 0.717) is 18.6 Å². The van der Waals surface area contributed by atoms with Gasteiger partial charge in [-0.05, 0) is 37.1 Å². The Bertz CT molecular complexity index is 1080. The van der Waals surface area contributed by atoms with Crippen LogP contribution in [0.25, 0.3) is 0 Å².